The molecule has 0 aliphatic carbocycles. The molecule has 2 heterocycles. The van der Waals surface area contributed by atoms with Crippen LogP contribution >= 0.6 is 0 Å². The molecule has 2 atom stereocenters. The minimum atomic E-state index is 0.000441. The van der Waals surface area contributed by atoms with Crippen molar-refractivity contribution >= 4 is 6.03 Å². The Morgan fingerprint density at radius 2 is 2.05 bits per heavy atom. The van der Waals surface area contributed by atoms with Gasteiger partial charge in [0.05, 0.1) is 0 Å². The van der Waals surface area contributed by atoms with Crippen LogP contribution in [0.3, 0.4) is 0 Å². The summed E-state index contributed by atoms with van der Waals surface area (Å²) in [4.78, 5) is 16.5. The van der Waals surface area contributed by atoms with Gasteiger partial charge in [0.2, 0.25) is 0 Å². The summed E-state index contributed by atoms with van der Waals surface area (Å²) in [6, 6.07) is 0.0177. The first-order valence-electron chi connectivity index (χ1n) is 8.31. The van der Waals surface area contributed by atoms with E-state index in [4.69, 9.17) is 5.11 Å². The van der Waals surface area contributed by atoms with Crippen LogP contribution < -0.4 is 5.32 Å². The van der Waals surface area contributed by atoms with Gasteiger partial charge in [-0.15, -0.1) is 0 Å². The topological polar surface area (TPSA) is 55.8 Å². The van der Waals surface area contributed by atoms with E-state index in [9.17, 15) is 4.79 Å². The first kappa shape index (κ1) is 16.6. The van der Waals surface area contributed by atoms with Crippen LogP contribution in [-0.4, -0.2) is 65.8 Å². The highest BCUT2D eigenvalue weighted by molar-refractivity contribution is 5.74. The number of aliphatic hydroxyl groups is 1. The van der Waals surface area contributed by atoms with Gasteiger partial charge in [-0.05, 0) is 45.6 Å². The van der Waals surface area contributed by atoms with Gasteiger partial charge in [0, 0.05) is 44.2 Å². The number of urea groups is 1. The minimum Gasteiger partial charge on any atom is -0.396 e. The Labute approximate surface area is 128 Å². The number of nitrogens with one attached hydrogen (secondary N) is 1. The van der Waals surface area contributed by atoms with Crippen molar-refractivity contribution in [2.45, 2.75) is 45.6 Å². The van der Waals surface area contributed by atoms with E-state index < -0.39 is 0 Å². The second-order valence-electron chi connectivity index (χ2n) is 7.45. The lowest BCUT2D eigenvalue weighted by molar-refractivity contribution is 0.0712. The number of amides is 2. The molecule has 2 amide bonds. The first-order valence-corrected chi connectivity index (χ1v) is 8.31. The van der Waals surface area contributed by atoms with Crippen LogP contribution in [0, 0.1) is 11.8 Å². The van der Waals surface area contributed by atoms with Crippen LogP contribution in [-0.2, 0) is 0 Å². The molecule has 0 aromatic heterocycles. The number of aliphatic hydroxyl groups excluding tert-OH is 1. The van der Waals surface area contributed by atoms with Crippen molar-refractivity contribution in [3.05, 3.63) is 0 Å². The van der Waals surface area contributed by atoms with Gasteiger partial charge in [-0.3, -0.25) is 4.90 Å². The lowest BCUT2D eigenvalue weighted by atomic mass is 9.93. The highest BCUT2D eigenvalue weighted by Gasteiger charge is 2.32. The van der Waals surface area contributed by atoms with Crippen LogP contribution in [0.4, 0.5) is 4.79 Å². The second-order valence-corrected chi connectivity index (χ2v) is 7.45. The van der Waals surface area contributed by atoms with Crippen LogP contribution in [0.2, 0.25) is 0 Å². The molecule has 2 N–H and O–H groups in total. The second kappa shape index (κ2) is 6.97. The number of piperidine rings is 1. The molecular formula is C16H31N3O2. The van der Waals surface area contributed by atoms with Crippen LogP contribution in [0.5, 0.6) is 0 Å². The Bertz CT molecular complexity index is 359. The van der Waals surface area contributed by atoms with E-state index in [0.717, 1.165) is 32.0 Å². The predicted molar refractivity (Wildman–Crippen MR) is 84.2 cm³/mol. The number of likely N-dealkylation sites (tertiary alicyclic amines) is 2. The largest absolute Gasteiger partial charge is 0.396 e. The summed E-state index contributed by atoms with van der Waals surface area (Å²) in [5, 5.41) is 12.2. The molecular weight excluding hydrogens is 266 g/mol. The number of carbonyl (C=O) groups is 1. The molecule has 2 saturated heterocycles. The zero-order valence-electron chi connectivity index (χ0n) is 13.8. The summed E-state index contributed by atoms with van der Waals surface area (Å²) >= 11 is 0. The third-order valence-electron chi connectivity index (χ3n) is 5.02. The molecule has 2 fully saturated rings. The fourth-order valence-electron chi connectivity index (χ4n) is 3.42. The molecule has 0 aromatic rings. The smallest absolute Gasteiger partial charge is 0.317 e. The van der Waals surface area contributed by atoms with Crippen LogP contribution in [0.15, 0.2) is 0 Å². The number of rotatable bonds is 4. The molecule has 2 rings (SSSR count). The van der Waals surface area contributed by atoms with Gasteiger partial charge >= 0.3 is 6.03 Å². The standard InChI is InChI=1S/C16H31N3O2/c1-13-5-4-7-19(9-13)16(2,3)12-17-15(21)18-8-6-14(10-18)11-20/h13-14,20H,4-12H2,1-3H3,(H,17,21). The molecule has 5 heteroatoms. The van der Waals surface area contributed by atoms with Crippen LogP contribution in [0.1, 0.15) is 40.0 Å². The van der Waals surface area contributed by atoms with Gasteiger partial charge in [0.1, 0.15) is 0 Å². The number of hydrogen-bond acceptors (Lipinski definition) is 3. The van der Waals surface area contributed by atoms with Crippen molar-refractivity contribution < 1.29 is 9.90 Å². The van der Waals surface area contributed by atoms with E-state index in [2.05, 4.69) is 31.0 Å². The maximum Gasteiger partial charge on any atom is 0.317 e. The SMILES string of the molecule is CC1CCCN(C(C)(C)CNC(=O)N2CCC(CO)C2)C1. The monoisotopic (exact) mass is 297 g/mol. The van der Waals surface area contributed by atoms with E-state index in [1.807, 2.05) is 4.90 Å². The lowest BCUT2D eigenvalue weighted by Gasteiger charge is -2.43. The molecule has 0 spiro atoms. The molecule has 122 valence electrons. The maximum atomic E-state index is 12.2. The first-order chi connectivity index (χ1) is 9.92. The molecule has 21 heavy (non-hydrogen) atoms. The quantitative estimate of drug-likeness (QED) is 0.827. The molecule has 2 unspecified atom stereocenters. The Morgan fingerprint density at radius 3 is 2.67 bits per heavy atom. The normalized spacial score (nSPS) is 27.9. The van der Waals surface area contributed by atoms with Gasteiger partial charge < -0.3 is 15.3 Å². The minimum absolute atomic E-state index is 0.000441. The van der Waals surface area contributed by atoms with Gasteiger partial charge in [-0.1, -0.05) is 6.92 Å². The molecule has 0 saturated carbocycles. The summed E-state index contributed by atoms with van der Waals surface area (Å²) in [6.07, 6.45) is 3.48. The van der Waals surface area contributed by atoms with E-state index >= 15 is 0 Å². The molecule has 2 aliphatic rings. The molecule has 2 aliphatic heterocycles. The third-order valence-corrected chi connectivity index (χ3v) is 5.02. The van der Waals surface area contributed by atoms with Crippen LogP contribution in [0.25, 0.3) is 0 Å². The average Bonchev–Trinajstić information content (AvgIpc) is 2.94. The predicted octanol–water partition coefficient (Wildman–Crippen LogP) is 1.52. The van der Waals surface area contributed by atoms with Crippen molar-refractivity contribution in [1.82, 2.24) is 15.1 Å². The highest BCUT2D eigenvalue weighted by atomic mass is 16.3. The Kier molecular flexibility index (Phi) is 5.49. The van der Waals surface area contributed by atoms with Crippen molar-refractivity contribution in [2.24, 2.45) is 11.8 Å². The van der Waals surface area contributed by atoms with Gasteiger partial charge in [0.15, 0.2) is 0 Å². The van der Waals surface area contributed by atoms with Gasteiger partial charge in [0.25, 0.3) is 0 Å². The fourth-order valence-corrected chi connectivity index (χ4v) is 3.42. The van der Waals surface area contributed by atoms with Crippen molar-refractivity contribution in [3.8, 4) is 0 Å². The van der Waals surface area contributed by atoms with Crippen molar-refractivity contribution in [3.63, 3.8) is 0 Å². The number of nitrogens with zero attached hydrogens (tertiary/aromatic N) is 2. The summed E-state index contributed by atoms with van der Waals surface area (Å²) in [7, 11) is 0. The molecule has 0 aromatic carbocycles. The average molecular weight is 297 g/mol. The molecule has 0 bridgehead atoms. The molecule has 0 radical (unpaired) electrons. The lowest BCUT2D eigenvalue weighted by Crippen LogP contribution is -2.55. The zero-order chi connectivity index (χ0) is 15.5. The van der Waals surface area contributed by atoms with Crippen molar-refractivity contribution in [1.29, 1.82) is 0 Å². The fraction of sp³-hybridized carbons (Fsp3) is 0.938. The summed E-state index contributed by atoms with van der Waals surface area (Å²) < 4.78 is 0. The summed E-state index contributed by atoms with van der Waals surface area (Å²) in [6.45, 7) is 11.3. The van der Waals surface area contributed by atoms with E-state index in [0.29, 0.717) is 13.1 Å². The summed E-state index contributed by atoms with van der Waals surface area (Å²) in [5.74, 6) is 1.00. The van der Waals surface area contributed by atoms with E-state index in [1.165, 1.54) is 12.8 Å². The summed E-state index contributed by atoms with van der Waals surface area (Å²) in [5.41, 5.74) is 0.000441. The number of carbonyl (C=O) groups excluding carboxylic acids is 1. The zero-order valence-corrected chi connectivity index (χ0v) is 13.8. The number of hydrogen-bond donors (Lipinski definition) is 2. The van der Waals surface area contributed by atoms with Gasteiger partial charge in [-0.2, -0.15) is 0 Å². The highest BCUT2D eigenvalue weighted by Crippen LogP contribution is 2.23. The van der Waals surface area contributed by atoms with E-state index in [-0.39, 0.29) is 24.1 Å². The Balaban J connectivity index is 1.79. The maximum absolute atomic E-state index is 12.2. The van der Waals surface area contributed by atoms with Crippen molar-refractivity contribution in [2.75, 3.05) is 39.3 Å². The Morgan fingerprint density at radius 1 is 1.29 bits per heavy atom. The van der Waals surface area contributed by atoms with Gasteiger partial charge in [-0.25, -0.2) is 4.79 Å². The van der Waals surface area contributed by atoms with E-state index in [1.54, 1.807) is 0 Å². The third kappa shape index (κ3) is 4.33. The Hall–Kier alpha value is -0.810. The molecule has 5 nitrogen and oxygen atoms in total.